The molecule has 8 heteroatoms. The Labute approximate surface area is 129 Å². The predicted molar refractivity (Wildman–Crippen MR) is 85.2 cm³/mol. The van der Waals surface area contributed by atoms with Gasteiger partial charge in [-0.25, -0.2) is 0 Å². The summed E-state index contributed by atoms with van der Waals surface area (Å²) < 4.78 is 0. The Morgan fingerprint density at radius 3 is 2.24 bits per heavy atom. The Balaban J connectivity index is 2.01. The van der Waals surface area contributed by atoms with Gasteiger partial charge < -0.3 is 16.4 Å². The smallest absolute Gasteiger partial charge is 0.269 e. The lowest BCUT2D eigenvalue weighted by molar-refractivity contribution is 0.0994. The summed E-state index contributed by atoms with van der Waals surface area (Å²) in [4.78, 5) is 15.9. The highest BCUT2D eigenvalue weighted by atomic mass is 32.1. The van der Waals surface area contributed by atoms with Gasteiger partial charge in [-0.2, -0.15) is 0 Å². The summed E-state index contributed by atoms with van der Waals surface area (Å²) in [6.45, 7) is 7.35. The molecule has 21 heavy (non-hydrogen) atoms. The molecule has 1 aromatic rings. The van der Waals surface area contributed by atoms with E-state index in [0.29, 0.717) is 4.99 Å². The zero-order valence-electron chi connectivity index (χ0n) is 12.2. The molecule has 1 amide bonds. The quantitative estimate of drug-likeness (QED) is 0.740. The lowest BCUT2D eigenvalue weighted by Gasteiger charge is -2.43. The number of anilines is 1. The molecule has 114 valence electrons. The van der Waals surface area contributed by atoms with Crippen LogP contribution in [0.2, 0.25) is 0 Å². The van der Waals surface area contributed by atoms with Crippen molar-refractivity contribution in [1.82, 2.24) is 15.1 Å². The molecule has 1 aromatic heterocycles. The standard InChI is InChI=1S/C13H20N6OS/c1-13(2,12(15)21)19-7-5-18(6-8-19)10-4-3-9(11(14)20)16-17-10/h3-4H,5-8H2,1-2H3,(H2,14,20)(H2,15,21). The van der Waals surface area contributed by atoms with Crippen molar-refractivity contribution in [3.63, 3.8) is 0 Å². The van der Waals surface area contributed by atoms with E-state index in [1.807, 2.05) is 13.8 Å². The molecule has 2 rings (SSSR count). The van der Waals surface area contributed by atoms with E-state index < -0.39 is 5.91 Å². The van der Waals surface area contributed by atoms with Gasteiger partial charge in [0.05, 0.1) is 10.5 Å². The predicted octanol–water partition coefficient (Wildman–Crippen LogP) is -0.238. The number of amides is 1. The molecule has 1 aliphatic rings. The van der Waals surface area contributed by atoms with Gasteiger partial charge in [-0.3, -0.25) is 9.69 Å². The number of carbonyl (C=O) groups excluding carboxylic acids is 1. The molecular weight excluding hydrogens is 288 g/mol. The number of aromatic nitrogens is 2. The highest BCUT2D eigenvalue weighted by molar-refractivity contribution is 7.80. The number of nitrogens with zero attached hydrogens (tertiary/aromatic N) is 4. The van der Waals surface area contributed by atoms with Crippen LogP contribution >= 0.6 is 12.2 Å². The summed E-state index contributed by atoms with van der Waals surface area (Å²) in [7, 11) is 0. The number of primary amides is 1. The van der Waals surface area contributed by atoms with E-state index in [2.05, 4.69) is 20.0 Å². The maximum absolute atomic E-state index is 11.0. The lowest BCUT2D eigenvalue weighted by atomic mass is 10.0. The molecule has 1 saturated heterocycles. The van der Waals surface area contributed by atoms with E-state index >= 15 is 0 Å². The van der Waals surface area contributed by atoms with Crippen molar-refractivity contribution < 1.29 is 4.79 Å². The van der Waals surface area contributed by atoms with Gasteiger partial charge in [0.1, 0.15) is 0 Å². The summed E-state index contributed by atoms with van der Waals surface area (Å²) in [6, 6.07) is 3.36. The topological polar surface area (TPSA) is 101 Å². The fourth-order valence-corrected chi connectivity index (χ4v) is 2.40. The fourth-order valence-electron chi connectivity index (χ4n) is 2.28. The van der Waals surface area contributed by atoms with Crippen molar-refractivity contribution in [3.8, 4) is 0 Å². The molecule has 0 saturated carbocycles. The van der Waals surface area contributed by atoms with Crippen LogP contribution in [0.15, 0.2) is 12.1 Å². The first-order valence-corrected chi connectivity index (χ1v) is 7.16. The molecule has 1 aliphatic heterocycles. The Bertz CT molecular complexity index is 536. The second-order valence-corrected chi connectivity index (χ2v) is 5.98. The van der Waals surface area contributed by atoms with Gasteiger partial charge in [0.15, 0.2) is 11.5 Å². The second kappa shape index (κ2) is 5.90. The first kappa shape index (κ1) is 15.6. The number of piperazine rings is 1. The Morgan fingerprint density at radius 2 is 1.81 bits per heavy atom. The molecule has 0 aromatic carbocycles. The van der Waals surface area contributed by atoms with E-state index in [0.717, 1.165) is 32.0 Å². The third-order valence-corrected chi connectivity index (χ3v) is 4.40. The van der Waals surface area contributed by atoms with Crippen LogP contribution < -0.4 is 16.4 Å². The summed E-state index contributed by atoms with van der Waals surface area (Å²) in [5, 5.41) is 7.88. The molecule has 0 bridgehead atoms. The SMILES string of the molecule is CC(C)(C(N)=S)N1CCN(c2ccc(C(N)=O)nn2)CC1. The normalized spacial score (nSPS) is 16.8. The number of rotatable bonds is 4. The van der Waals surface area contributed by atoms with E-state index in [-0.39, 0.29) is 11.2 Å². The fraction of sp³-hybridized carbons (Fsp3) is 0.538. The molecule has 0 radical (unpaired) electrons. The summed E-state index contributed by atoms with van der Waals surface area (Å²) in [5.74, 6) is 0.171. The lowest BCUT2D eigenvalue weighted by Crippen LogP contribution is -2.59. The van der Waals surface area contributed by atoms with Crippen LogP contribution in [-0.2, 0) is 0 Å². The minimum atomic E-state index is -0.572. The second-order valence-electron chi connectivity index (χ2n) is 5.54. The number of carbonyl (C=O) groups is 1. The molecule has 4 N–H and O–H groups in total. The molecular formula is C13H20N6OS. The highest BCUT2D eigenvalue weighted by Crippen LogP contribution is 2.20. The minimum absolute atomic E-state index is 0.173. The Kier molecular flexibility index (Phi) is 4.38. The van der Waals surface area contributed by atoms with Crippen LogP contribution in [0.1, 0.15) is 24.3 Å². The Morgan fingerprint density at radius 1 is 1.19 bits per heavy atom. The van der Waals surface area contributed by atoms with Gasteiger partial charge >= 0.3 is 0 Å². The van der Waals surface area contributed by atoms with Crippen LogP contribution in [0.5, 0.6) is 0 Å². The zero-order valence-corrected chi connectivity index (χ0v) is 13.1. The third-order valence-electron chi connectivity index (χ3n) is 3.90. The van der Waals surface area contributed by atoms with E-state index in [1.165, 1.54) is 0 Å². The van der Waals surface area contributed by atoms with Crippen molar-refractivity contribution in [2.24, 2.45) is 11.5 Å². The minimum Gasteiger partial charge on any atom is -0.392 e. The van der Waals surface area contributed by atoms with Crippen molar-refractivity contribution in [1.29, 1.82) is 0 Å². The van der Waals surface area contributed by atoms with Gasteiger partial charge in [-0.05, 0) is 26.0 Å². The van der Waals surface area contributed by atoms with E-state index in [4.69, 9.17) is 23.7 Å². The van der Waals surface area contributed by atoms with E-state index in [1.54, 1.807) is 12.1 Å². The van der Waals surface area contributed by atoms with Crippen LogP contribution in [0.25, 0.3) is 0 Å². The van der Waals surface area contributed by atoms with Gasteiger partial charge in [-0.1, -0.05) is 12.2 Å². The first-order chi connectivity index (χ1) is 9.82. The Hall–Kier alpha value is -1.80. The average molecular weight is 308 g/mol. The highest BCUT2D eigenvalue weighted by Gasteiger charge is 2.32. The number of thiocarbonyl (C=S) groups is 1. The van der Waals surface area contributed by atoms with Crippen molar-refractivity contribution in [2.45, 2.75) is 19.4 Å². The monoisotopic (exact) mass is 308 g/mol. The van der Waals surface area contributed by atoms with Crippen LogP contribution in [0, 0.1) is 0 Å². The molecule has 0 spiro atoms. The molecule has 0 aliphatic carbocycles. The molecule has 7 nitrogen and oxygen atoms in total. The van der Waals surface area contributed by atoms with Gasteiger partial charge in [0, 0.05) is 26.2 Å². The van der Waals surface area contributed by atoms with Gasteiger partial charge in [0.2, 0.25) is 0 Å². The van der Waals surface area contributed by atoms with Crippen molar-refractivity contribution >= 4 is 28.9 Å². The molecule has 0 unspecified atom stereocenters. The molecule has 0 atom stereocenters. The number of hydrogen-bond donors (Lipinski definition) is 2. The third kappa shape index (κ3) is 3.27. The zero-order chi connectivity index (χ0) is 15.6. The van der Waals surface area contributed by atoms with E-state index in [9.17, 15) is 4.79 Å². The maximum Gasteiger partial charge on any atom is 0.269 e. The van der Waals surface area contributed by atoms with Crippen molar-refractivity contribution in [3.05, 3.63) is 17.8 Å². The van der Waals surface area contributed by atoms with Crippen molar-refractivity contribution in [2.75, 3.05) is 31.1 Å². The van der Waals surface area contributed by atoms with Gasteiger partial charge in [-0.15, -0.1) is 10.2 Å². The largest absolute Gasteiger partial charge is 0.392 e. The molecule has 2 heterocycles. The average Bonchev–Trinajstić information content (AvgIpc) is 2.47. The summed E-state index contributed by atoms with van der Waals surface area (Å²) in [5.41, 5.74) is 10.8. The van der Waals surface area contributed by atoms with Crippen LogP contribution in [0.4, 0.5) is 5.82 Å². The number of nitrogens with two attached hydrogens (primary N) is 2. The summed E-state index contributed by atoms with van der Waals surface area (Å²) in [6.07, 6.45) is 0. The summed E-state index contributed by atoms with van der Waals surface area (Å²) >= 11 is 5.13. The van der Waals surface area contributed by atoms with Crippen LogP contribution in [-0.4, -0.2) is 57.7 Å². The van der Waals surface area contributed by atoms with Gasteiger partial charge in [0.25, 0.3) is 5.91 Å². The first-order valence-electron chi connectivity index (χ1n) is 6.76. The molecule has 1 fully saturated rings. The maximum atomic E-state index is 11.0. The van der Waals surface area contributed by atoms with Crippen LogP contribution in [0.3, 0.4) is 0 Å². The number of hydrogen-bond acceptors (Lipinski definition) is 6.